The second-order valence-corrected chi connectivity index (χ2v) is 8.67. The van der Waals surface area contributed by atoms with Crippen LogP contribution in [0.25, 0.3) is 27.6 Å². The maximum absolute atomic E-state index is 14.1. The Labute approximate surface area is 196 Å². The molecule has 0 spiro atoms. The summed E-state index contributed by atoms with van der Waals surface area (Å²) < 4.78 is 1.82. The van der Waals surface area contributed by atoms with Crippen molar-refractivity contribution in [3.8, 4) is 5.69 Å². The molecule has 34 heavy (non-hydrogen) atoms. The minimum atomic E-state index is -0.220. The lowest BCUT2D eigenvalue weighted by Crippen LogP contribution is -2.28. The van der Waals surface area contributed by atoms with Crippen molar-refractivity contribution in [1.29, 1.82) is 0 Å². The number of nitrogens with one attached hydrogen (secondary N) is 2. The number of hydrogen-bond donors (Lipinski definition) is 2. The number of fused-ring (bicyclic) bond motifs is 2. The van der Waals surface area contributed by atoms with E-state index in [1.165, 1.54) is 6.33 Å². The quantitative estimate of drug-likeness (QED) is 0.411. The Morgan fingerprint density at radius 3 is 2.65 bits per heavy atom. The van der Waals surface area contributed by atoms with Gasteiger partial charge in [-0.25, -0.2) is 15.0 Å². The highest BCUT2D eigenvalue weighted by Gasteiger charge is 2.22. The Bertz CT molecular complexity index is 1530. The largest absolute Gasteiger partial charge is 0.371 e. The molecule has 0 radical (unpaired) electrons. The number of imidazole rings is 1. The molecule has 8 nitrogen and oxygen atoms in total. The molecule has 1 atom stereocenters. The lowest BCUT2D eigenvalue weighted by Gasteiger charge is -2.24. The molecular formula is C26H25N7O. The van der Waals surface area contributed by atoms with Crippen LogP contribution in [0, 0.1) is 0 Å². The number of hydrogen-bond acceptors (Lipinski definition) is 6. The molecule has 0 saturated carbocycles. The van der Waals surface area contributed by atoms with Crippen LogP contribution >= 0.6 is 0 Å². The average Bonchev–Trinajstić information content (AvgIpc) is 3.57. The van der Waals surface area contributed by atoms with Crippen LogP contribution in [0.2, 0.25) is 0 Å². The molecule has 170 valence electrons. The molecule has 6 rings (SSSR count). The van der Waals surface area contributed by atoms with Gasteiger partial charge in [0.25, 0.3) is 5.56 Å². The highest BCUT2D eigenvalue weighted by atomic mass is 16.1. The number of para-hydroxylation sites is 1. The first-order valence-electron chi connectivity index (χ1n) is 11.6. The Balaban J connectivity index is 1.54. The van der Waals surface area contributed by atoms with E-state index in [1.54, 1.807) is 6.33 Å². The standard InChI is InChI=1S/C26H25N7O/c1-17(31-25-23-24(28-15-27-23)29-16-30-25)21-14-18-8-7-11-20(32-12-5-6-13-32)22(18)26(34)33(21)19-9-3-2-4-10-19/h2-4,7-11,14-17H,5-6,12-13H2,1H3,(H2,27,28,29,30,31). The summed E-state index contributed by atoms with van der Waals surface area (Å²) in [4.78, 5) is 32.4. The van der Waals surface area contributed by atoms with Gasteiger partial charge in [0.05, 0.1) is 23.4 Å². The molecular weight excluding hydrogens is 426 g/mol. The van der Waals surface area contributed by atoms with E-state index < -0.39 is 0 Å². The summed E-state index contributed by atoms with van der Waals surface area (Å²) in [6, 6.07) is 17.8. The average molecular weight is 452 g/mol. The molecule has 1 aliphatic rings. The summed E-state index contributed by atoms with van der Waals surface area (Å²) in [6.07, 6.45) is 5.42. The first kappa shape index (κ1) is 20.4. The minimum absolute atomic E-state index is 0.0116. The summed E-state index contributed by atoms with van der Waals surface area (Å²) in [5, 5.41) is 5.16. The zero-order valence-corrected chi connectivity index (χ0v) is 18.9. The van der Waals surface area contributed by atoms with Crippen molar-refractivity contribution in [1.82, 2.24) is 24.5 Å². The van der Waals surface area contributed by atoms with Crippen LogP contribution in [0.4, 0.5) is 11.5 Å². The molecule has 2 N–H and O–H groups in total. The summed E-state index contributed by atoms with van der Waals surface area (Å²) in [6.45, 7) is 4.00. The fraction of sp³-hybridized carbons (Fsp3) is 0.231. The number of anilines is 2. The maximum atomic E-state index is 14.1. The van der Waals surface area contributed by atoms with Crippen molar-refractivity contribution in [2.24, 2.45) is 0 Å². The Morgan fingerprint density at radius 1 is 1.00 bits per heavy atom. The monoisotopic (exact) mass is 451 g/mol. The smallest absolute Gasteiger partial charge is 0.265 e. The van der Waals surface area contributed by atoms with Crippen LogP contribution in [0.1, 0.15) is 31.5 Å². The van der Waals surface area contributed by atoms with Crippen LogP contribution in [0.15, 0.2) is 72.0 Å². The lowest BCUT2D eigenvalue weighted by atomic mass is 10.1. The molecule has 1 aliphatic heterocycles. The van der Waals surface area contributed by atoms with E-state index in [4.69, 9.17) is 0 Å². The summed E-state index contributed by atoms with van der Waals surface area (Å²) in [5.41, 5.74) is 4.03. The van der Waals surface area contributed by atoms with Gasteiger partial charge in [0.2, 0.25) is 0 Å². The van der Waals surface area contributed by atoms with Gasteiger partial charge >= 0.3 is 0 Å². The number of aromatic nitrogens is 5. The molecule has 5 aromatic rings. The van der Waals surface area contributed by atoms with Crippen molar-refractivity contribution in [3.63, 3.8) is 0 Å². The van der Waals surface area contributed by atoms with Gasteiger partial charge in [-0.15, -0.1) is 0 Å². The number of pyridine rings is 1. The van der Waals surface area contributed by atoms with Gasteiger partial charge in [0, 0.05) is 24.5 Å². The topological polar surface area (TPSA) is 91.7 Å². The zero-order valence-electron chi connectivity index (χ0n) is 18.9. The van der Waals surface area contributed by atoms with Crippen molar-refractivity contribution >= 4 is 33.4 Å². The van der Waals surface area contributed by atoms with Crippen molar-refractivity contribution in [3.05, 3.63) is 83.3 Å². The van der Waals surface area contributed by atoms with E-state index in [0.717, 1.165) is 53.8 Å². The molecule has 0 bridgehead atoms. The third kappa shape index (κ3) is 3.39. The maximum Gasteiger partial charge on any atom is 0.265 e. The molecule has 1 fully saturated rings. The highest BCUT2D eigenvalue weighted by molar-refractivity contribution is 5.94. The first-order valence-corrected chi connectivity index (χ1v) is 11.6. The second-order valence-electron chi connectivity index (χ2n) is 8.67. The summed E-state index contributed by atoms with van der Waals surface area (Å²) in [7, 11) is 0. The first-order chi connectivity index (χ1) is 16.7. The van der Waals surface area contributed by atoms with E-state index >= 15 is 0 Å². The van der Waals surface area contributed by atoms with Gasteiger partial charge in [-0.3, -0.25) is 9.36 Å². The van der Waals surface area contributed by atoms with Crippen LogP contribution in [0.5, 0.6) is 0 Å². The van der Waals surface area contributed by atoms with Crippen molar-refractivity contribution < 1.29 is 0 Å². The van der Waals surface area contributed by atoms with Gasteiger partial charge in [-0.2, -0.15) is 0 Å². The molecule has 4 heterocycles. The fourth-order valence-electron chi connectivity index (χ4n) is 4.90. The van der Waals surface area contributed by atoms with E-state index in [0.29, 0.717) is 17.0 Å². The van der Waals surface area contributed by atoms with Gasteiger partial charge < -0.3 is 15.2 Å². The van der Waals surface area contributed by atoms with Crippen LogP contribution in [-0.4, -0.2) is 37.6 Å². The number of rotatable bonds is 5. The third-order valence-corrected chi connectivity index (χ3v) is 6.53. The number of nitrogens with zero attached hydrogens (tertiary/aromatic N) is 5. The van der Waals surface area contributed by atoms with E-state index in [-0.39, 0.29) is 11.6 Å². The Kier molecular flexibility index (Phi) is 4.98. The number of aromatic amines is 1. The predicted molar refractivity (Wildman–Crippen MR) is 135 cm³/mol. The van der Waals surface area contributed by atoms with Crippen LogP contribution in [0.3, 0.4) is 0 Å². The van der Waals surface area contributed by atoms with E-state index in [9.17, 15) is 4.79 Å². The number of H-pyrrole nitrogens is 1. The molecule has 1 unspecified atom stereocenters. The van der Waals surface area contributed by atoms with Gasteiger partial charge in [-0.1, -0.05) is 30.3 Å². The SMILES string of the molecule is CC(Nc1ncnc2[nH]cnc12)c1cc2cccc(N3CCCC3)c2c(=O)n1-c1ccccc1. The fourth-order valence-corrected chi connectivity index (χ4v) is 4.90. The number of benzene rings is 2. The normalized spacial score (nSPS) is 14.7. The van der Waals surface area contributed by atoms with Crippen LogP contribution in [-0.2, 0) is 0 Å². The second kappa shape index (κ2) is 8.30. The molecule has 0 aliphatic carbocycles. The van der Waals surface area contributed by atoms with Crippen molar-refractivity contribution in [2.45, 2.75) is 25.8 Å². The molecule has 2 aromatic carbocycles. The third-order valence-electron chi connectivity index (χ3n) is 6.53. The predicted octanol–water partition coefficient (Wildman–Crippen LogP) is 4.43. The minimum Gasteiger partial charge on any atom is -0.371 e. The van der Waals surface area contributed by atoms with Gasteiger partial charge in [0.1, 0.15) is 11.8 Å². The van der Waals surface area contributed by atoms with Gasteiger partial charge in [-0.05, 0) is 49.4 Å². The van der Waals surface area contributed by atoms with E-state index in [1.807, 2.05) is 54.0 Å². The van der Waals surface area contributed by atoms with Crippen LogP contribution < -0.4 is 15.8 Å². The summed E-state index contributed by atoms with van der Waals surface area (Å²) >= 11 is 0. The molecule has 3 aromatic heterocycles. The van der Waals surface area contributed by atoms with Gasteiger partial charge in [0.15, 0.2) is 11.5 Å². The highest BCUT2D eigenvalue weighted by Crippen LogP contribution is 2.31. The molecule has 0 amide bonds. The van der Waals surface area contributed by atoms with Crippen molar-refractivity contribution in [2.75, 3.05) is 23.3 Å². The Morgan fingerprint density at radius 2 is 1.82 bits per heavy atom. The lowest BCUT2D eigenvalue weighted by molar-refractivity contribution is 0.773. The van der Waals surface area contributed by atoms with E-state index in [2.05, 4.69) is 42.3 Å². The molecule has 1 saturated heterocycles. The molecule has 8 heteroatoms. The zero-order chi connectivity index (χ0) is 23.1. The summed E-state index contributed by atoms with van der Waals surface area (Å²) in [5.74, 6) is 0.622. The Hall–Kier alpha value is -4.20.